The number of furan rings is 1. The van der Waals surface area contributed by atoms with Gasteiger partial charge in [0, 0.05) is 27.3 Å². The van der Waals surface area contributed by atoms with Crippen LogP contribution in [0, 0.1) is 0 Å². The lowest BCUT2D eigenvalue weighted by Gasteiger charge is -2.22. The molecule has 0 unspecified atom stereocenters. The Hall–Kier alpha value is -4.82. The first-order valence-electron chi connectivity index (χ1n) is 15.5. The molecule has 0 saturated heterocycles. The minimum atomic E-state index is 0.126. The fourth-order valence-corrected chi connectivity index (χ4v) is 6.65. The summed E-state index contributed by atoms with van der Waals surface area (Å²) in [6.07, 6.45) is 0. The van der Waals surface area contributed by atoms with Crippen LogP contribution in [-0.2, 0) is 10.8 Å². The van der Waals surface area contributed by atoms with Crippen LogP contribution in [-0.4, -0.2) is 0 Å². The molecular formula is C42H36O2. The summed E-state index contributed by atoms with van der Waals surface area (Å²) < 4.78 is 13.2. The van der Waals surface area contributed by atoms with Crippen molar-refractivity contribution >= 4 is 32.7 Å². The van der Waals surface area contributed by atoms with Crippen LogP contribution >= 0.6 is 0 Å². The summed E-state index contributed by atoms with van der Waals surface area (Å²) in [5, 5.41) is 4.55. The first-order chi connectivity index (χ1) is 21.0. The van der Waals surface area contributed by atoms with Crippen LogP contribution in [0.1, 0.15) is 52.7 Å². The summed E-state index contributed by atoms with van der Waals surface area (Å²) >= 11 is 0. The van der Waals surface area contributed by atoms with Crippen molar-refractivity contribution < 1.29 is 9.15 Å². The van der Waals surface area contributed by atoms with Crippen molar-refractivity contribution in [3.05, 3.63) is 120 Å². The molecule has 6 aromatic carbocycles. The predicted molar refractivity (Wildman–Crippen MR) is 185 cm³/mol. The van der Waals surface area contributed by atoms with Gasteiger partial charge in [-0.1, -0.05) is 114 Å². The Morgan fingerprint density at radius 3 is 1.66 bits per heavy atom. The van der Waals surface area contributed by atoms with Crippen molar-refractivity contribution in [2.24, 2.45) is 0 Å². The Labute approximate surface area is 258 Å². The van der Waals surface area contributed by atoms with E-state index < -0.39 is 0 Å². The number of rotatable bonds is 2. The molecule has 2 heterocycles. The number of hydrogen-bond donors (Lipinski definition) is 0. The fourth-order valence-electron chi connectivity index (χ4n) is 6.65. The first-order valence-corrected chi connectivity index (χ1v) is 15.5. The summed E-state index contributed by atoms with van der Waals surface area (Å²) in [7, 11) is 0. The third-order valence-electron chi connectivity index (χ3n) is 9.22. The van der Waals surface area contributed by atoms with Crippen molar-refractivity contribution in [2.75, 3.05) is 0 Å². The van der Waals surface area contributed by atoms with Gasteiger partial charge in [0.05, 0.1) is 0 Å². The maximum Gasteiger partial charge on any atom is 0.136 e. The highest BCUT2D eigenvalue weighted by molar-refractivity contribution is 6.24. The van der Waals surface area contributed by atoms with Crippen molar-refractivity contribution in [1.29, 1.82) is 0 Å². The van der Waals surface area contributed by atoms with E-state index in [2.05, 4.69) is 151 Å². The Balaban J connectivity index is 1.24. The maximum atomic E-state index is 6.61. The summed E-state index contributed by atoms with van der Waals surface area (Å²) in [5.41, 5.74) is 11.6. The van der Waals surface area contributed by atoms with Crippen LogP contribution in [0.5, 0.6) is 11.5 Å². The van der Waals surface area contributed by atoms with E-state index in [0.29, 0.717) is 0 Å². The van der Waals surface area contributed by atoms with Crippen molar-refractivity contribution in [1.82, 2.24) is 0 Å². The van der Waals surface area contributed by atoms with Crippen LogP contribution in [0.3, 0.4) is 0 Å². The minimum absolute atomic E-state index is 0.126. The largest absolute Gasteiger partial charge is 0.456 e. The molecule has 44 heavy (non-hydrogen) atoms. The molecule has 0 amide bonds. The lowest BCUT2D eigenvalue weighted by Crippen LogP contribution is -2.10. The van der Waals surface area contributed by atoms with Crippen molar-refractivity contribution in [3.63, 3.8) is 0 Å². The van der Waals surface area contributed by atoms with Crippen LogP contribution in [0.4, 0.5) is 0 Å². The molecule has 0 atom stereocenters. The molecule has 7 aromatic rings. The zero-order valence-electron chi connectivity index (χ0n) is 26.2. The standard InChI is InChI=1S/C42H36O2/c1-41(2,3)29-16-10-25(11-17-29)27-14-20-31-34-24-38-39(33-8-7-9-35(40(33)34)43-36(31)22-27)32-21-15-28(23-37(32)44-38)26-12-18-30(19-13-26)42(4,5)6/h7-24H,1-6H3. The van der Waals surface area contributed by atoms with E-state index in [1.165, 1.54) is 22.3 Å². The van der Waals surface area contributed by atoms with Gasteiger partial charge >= 0.3 is 0 Å². The molecule has 0 spiro atoms. The highest BCUT2D eigenvalue weighted by atomic mass is 16.5. The molecule has 216 valence electrons. The number of ether oxygens (including phenoxy) is 1. The predicted octanol–water partition coefficient (Wildman–Crippen LogP) is 12.4. The van der Waals surface area contributed by atoms with E-state index in [0.717, 1.165) is 66.5 Å². The molecule has 0 saturated carbocycles. The SMILES string of the molecule is CC(C)(C)c1ccc(-c2ccc3c(c2)Oc2cccc4c2c-3cc2oc3cc(-c5ccc(C(C)(C)C)cc5)ccc3c24)cc1. The maximum absolute atomic E-state index is 6.61. The van der Waals surface area contributed by atoms with Gasteiger partial charge in [-0.25, -0.2) is 0 Å². The van der Waals surface area contributed by atoms with E-state index in [1.54, 1.807) is 0 Å². The molecule has 1 aromatic heterocycles. The van der Waals surface area contributed by atoms with E-state index in [1.807, 2.05) is 0 Å². The van der Waals surface area contributed by atoms with E-state index in [4.69, 9.17) is 9.15 Å². The second-order valence-electron chi connectivity index (χ2n) is 14.3. The third kappa shape index (κ3) is 4.24. The van der Waals surface area contributed by atoms with Gasteiger partial charge in [-0.15, -0.1) is 0 Å². The zero-order chi connectivity index (χ0) is 30.4. The fraction of sp³-hybridized carbons (Fsp3) is 0.190. The van der Waals surface area contributed by atoms with Crippen LogP contribution in [0.2, 0.25) is 0 Å². The molecule has 2 heteroatoms. The van der Waals surface area contributed by atoms with E-state index in [9.17, 15) is 0 Å². The van der Waals surface area contributed by atoms with Gasteiger partial charge in [-0.2, -0.15) is 0 Å². The van der Waals surface area contributed by atoms with Gasteiger partial charge in [0.2, 0.25) is 0 Å². The molecule has 2 nitrogen and oxygen atoms in total. The summed E-state index contributed by atoms with van der Waals surface area (Å²) in [6.45, 7) is 13.5. The van der Waals surface area contributed by atoms with Gasteiger partial charge in [0.1, 0.15) is 22.7 Å². The van der Waals surface area contributed by atoms with E-state index in [-0.39, 0.29) is 10.8 Å². The Morgan fingerprint density at radius 2 is 1.02 bits per heavy atom. The van der Waals surface area contributed by atoms with Gasteiger partial charge in [-0.05, 0) is 86.0 Å². The number of benzene rings is 6. The normalized spacial score (nSPS) is 13.0. The molecule has 0 bridgehead atoms. The van der Waals surface area contributed by atoms with Crippen LogP contribution in [0.25, 0.3) is 66.1 Å². The molecular weight excluding hydrogens is 536 g/mol. The topological polar surface area (TPSA) is 22.4 Å². The van der Waals surface area contributed by atoms with Crippen LogP contribution in [0.15, 0.2) is 114 Å². The van der Waals surface area contributed by atoms with E-state index >= 15 is 0 Å². The monoisotopic (exact) mass is 572 g/mol. The first kappa shape index (κ1) is 26.8. The number of fused-ring (bicyclic) bond motifs is 6. The Bertz CT molecular complexity index is 2230. The quantitative estimate of drug-likeness (QED) is 0.206. The summed E-state index contributed by atoms with van der Waals surface area (Å²) in [4.78, 5) is 0. The average Bonchev–Trinajstić information content (AvgIpc) is 3.38. The smallest absolute Gasteiger partial charge is 0.136 e. The van der Waals surface area contributed by atoms with Crippen molar-refractivity contribution in [3.8, 4) is 44.9 Å². The Morgan fingerprint density at radius 1 is 0.432 bits per heavy atom. The minimum Gasteiger partial charge on any atom is -0.456 e. The lowest BCUT2D eigenvalue weighted by molar-refractivity contribution is 0.487. The molecule has 0 fully saturated rings. The van der Waals surface area contributed by atoms with Crippen molar-refractivity contribution in [2.45, 2.75) is 52.4 Å². The van der Waals surface area contributed by atoms with Gasteiger partial charge in [-0.3, -0.25) is 0 Å². The lowest BCUT2D eigenvalue weighted by atomic mass is 9.86. The van der Waals surface area contributed by atoms with Gasteiger partial charge in [0.15, 0.2) is 0 Å². The summed E-state index contributed by atoms with van der Waals surface area (Å²) in [6, 6.07) is 39.5. The number of hydrogen-bond acceptors (Lipinski definition) is 2. The highest BCUT2D eigenvalue weighted by Crippen LogP contribution is 2.51. The second-order valence-corrected chi connectivity index (χ2v) is 14.3. The zero-order valence-corrected chi connectivity index (χ0v) is 26.2. The third-order valence-corrected chi connectivity index (χ3v) is 9.22. The molecule has 0 aliphatic carbocycles. The molecule has 1 aliphatic heterocycles. The molecule has 0 radical (unpaired) electrons. The molecule has 8 rings (SSSR count). The molecule has 1 aliphatic rings. The van der Waals surface area contributed by atoms with Gasteiger partial charge < -0.3 is 9.15 Å². The second kappa shape index (κ2) is 9.34. The highest BCUT2D eigenvalue weighted by Gasteiger charge is 2.24. The molecule has 0 N–H and O–H groups in total. The van der Waals surface area contributed by atoms with Crippen LogP contribution < -0.4 is 4.74 Å². The average molecular weight is 573 g/mol. The Kier molecular flexibility index (Phi) is 5.68. The van der Waals surface area contributed by atoms with Gasteiger partial charge in [0.25, 0.3) is 0 Å². The summed E-state index contributed by atoms with van der Waals surface area (Å²) in [5.74, 6) is 1.76.